The number of benzene rings is 2. The van der Waals surface area contributed by atoms with Gasteiger partial charge in [-0.25, -0.2) is 0 Å². The number of hydrogen-bond acceptors (Lipinski definition) is 2. The van der Waals surface area contributed by atoms with Crippen LogP contribution in [-0.4, -0.2) is 14.2 Å². The lowest BCUT2D eigenvalue weighted by Crippen LogP contribution is -2.20. The van der Waals surface area contributed by atoms with Gasteiger partial charge in [-0.3, -0.25) is 0 Å². The Hall–Kier alpha value is -0.300. The summed E-state index contributed by atoms with van der Waals surface area (Å²) in [6.45, 7) is 0. The van der Waals surface area contributed by atoms with Gasteiger partial charge < -0.3 is 10.1 Å². The summed E-state index contributed by atoms with van der Waals surface area (Å²) in [7, 11) is 3.66. The Labute approximate surface area is 152 Å². The van der Waals surface area contributed by atoms with Gasteiger partial charge in [-0.2, -0.15) is 0 Å². The Morgan fingerprint density at radius 3 is 2.71 bits per heavy atom. The molecule has 2 aromatic rings. The average Bonchev–Trinajstić information content (AvgIpc) is 2.47. The van der Waals surface area contributed by atoms with Crippen LogP contribution < -0.4 is 10.1 Å². The summed E-state index contributed by atoms with van der Waals surface area (Å²) >= 11 is 12.0. The summed E-state index contributed by atoms with van der Waals surface area (Å²) in [6.07, 6.45) is 0.829. The Morgan fingerprint density at radius 1 is 1.29 bits per heavy atom. The number of hydrogen-bond donors (Lipinski definition) is 1. The normalized spacial score (nSPS) is 12.2. The van der Waals surface area contributed by atoms with Crippen molar-refractivity contribution < 1.29 is 4.74 Å². The van der Waals surface area contributed by atoms with E-state index in [4.69, 9.17) is 16.3 Å². The molecule has 21 heavy (non-hydrogen) atoms. The first-order valence-corrected chi connectivity index (χ1v) is 8.74. The topological polar surface area (TPSA) is 21.3 Å². The summed E-state index contributed by atoms with van der Waals surface area (Å²) < 4.78 is 7.71. The number of methoxy groups -OCH3 is 1. The highest BCUT2D eigenvalue weighted by molar-refractivity contribution is 14.1. The third-order valence-electron chi connectivity index (χ3n) is 3.35. The molecule has 2 nitrogen and oxygen atoms in total. The zero-order valence-corrected chi connectivity index (χ0v) is 16.3. The van der Waals surface area contributed by atoms with Crippen molar-refractivity contribution in [1.82, 2.24) is 5.32 Å². The fourth-order valence-corrected chi connectivity index (χ4v) is 3.58. The summed E-state index contributed by atoms with van der Waals surface area (Å²) in [5, 5.41) is 4.13. The molecule has 0 aromatic heterocycles. The Balaban J connectivity index is 2.35. The fraction of sp³-hybridized carbons (Fsp3) is 0.250. The lowest BCUT2D eigenvalue weighted by molar-refractivity contribution is 0.406. The second-order valence-electron chi connectivity index (χ2n) is 4.67. The molecule has 1 unspecified atom stereocenters. The molecule has 0 heterocycles. The first-order valence-electron chi connectivity index (χ1n) is 6.49. The Bertz CT molecular complexity index is 636. The van der Waals surface area contributed by atoms with Crippen molar-refractivity contribution in [3.05, 3.63) is 60.6 Å². The molecule has 0 saturated heterocycles. The minimum atomic E-state index is 0.179. The minimum absolute atomic E-state index is 0.179. The number of nitrogens with one attached hydrogen (secondary N) is 1. The van der Waals surface area contributed by atoms with Crippen molar-refractivity contribution in [1.29, 1.82) is 0 Å². The largest absolute Gasteiger partial charge is 0.496 e. The molecule has 2 aromatic carbocycles. The quantitative estimate of drug-likeness (QED) is 0.593. The zero-order valence-electron chi connectivity index (χ0n) is 11.8. The maximum Gasteiger partial charge on any atom is 0.122 e. The smallest absolute Gasteiger partial charge is 0.122 e. The molecule has 1 atom stereocenters. The van der Waals surface area contributed by atoms with Crippen molar-refractivity contribution in [2.75, 3.05) is 14.2 Å². The van der Waals surface area contributed by atoms with Gasteiger partial charge >= 0.3 is 0 Å². The van der Waals surface area contributed by atoms with E-state index < -0.39 is 0 Å². The Morgan fingerprint density at radius 2 is 2.05 bits per heavy atom. The highest BCUT2D eigenvalue weighted by Gasteiger charge is 2.16. The molecule has 5 heteroatoms. The standard InChI is InChI=1S/C16H16BrClINO/c1-20-15(13-9-12(18)4-5-14(13)19)8-10-7-11(17)3-6-16(10)21-2/h3-7,9,15,20H,8H2,1-2H3. The molecule has 0 saturated carbocycles. The van der Waals surface area contributed by atoms with E-state index in [-0.39, 0.29) is 6.04 Å². The molecule has 0 amide bonds. The minimum Gasteiger partial charge on any atom is -0.496 e. The van der Waals surface area contributed by atoms with Gasteiger partial charge in [0.1, 0.15) is 5.75 Å². The van der Waals surface area contributed by atoms with E-state index >= 15 is 0 Å². The van der Waals surface area contributed by atoms with Crippen LogP contribution in [0.2, 0.25) is 5.02 Å². The fourth-order valence-electron chi connectivity index (χ4n) is 2.28. The molecule has 0 fully saturated rings. The van der Waals surface area contributed by atoms with Crippen LogP contribution in [0, 0.1) is 3.57 Å². The van der Waals surface area contributed by atoms with Crippen LogP contribution in [0.5, 0.6) is 5.75 Å². The van der Waals surface area contributed by atoms with Crippen LogP contribution in [0.25, 0.3) is 0 Å². The molecule has 0 spiro atoms. The lowest BCUT2D eigenvalue weighted by Gasteiger charge is -2.20. The molecular formula is C16H16BrClINO. The highest BCUT2D eigenvalue weighted by Crippen LogP contribution is 2.30. The average molecular weight is 481 g/mol. The molecule has 0 bridgehead atoms. The lowest BCUT2D eigenvalue weighted by atomic mass is 9.98. The van der Waals surface area contributed by atoms with Crippen LogP contribution in [0.3, 0.4) is 0 Å². The van der Waals surface area contributed by atoms with E-state index in [1.807, 2.05) is 37.4 Å². The highest BCUT2D eigenvalue weighted by atomic mass is 127. The predicted octanol–water partition coefficient (Wildman–Crippen LogP) is 5.22. The third kappa shape index (κ3) is 4.34. The van der Waals surface area contributed by atoms with Crippen LogP contribution >= 0.6 is 50.1 Å². The van der Waals surface area contributed by atoms with Gasteiger partial charge in [0.25, 0.3) is 0 Å². The maximum absolute atomic E-state index is 6.14. The van der Waals surface area contributed by atoms with Crippen molar-refractivity contribution in [3.8, 4) is 5.75 Å². The van der Waals surface area contributed by atoms with Gasteiger partial charge in [-0.05, 0) is 83.6 Å². The van der Waals surface area contributed by atoms with Gasteiger partial charge in [-0.1, -0.05) is 27.5 Å². The van der Waals surface area contributed by atoms with E-state index in [9.17, 15) is 0 Å². The second kappa shape index (κ2) is 7.81. The summed E-state index contributed by atoms with van der Waals surface area (Å²) in [5.41, 5.74) is 2.36. The zero-order chi connectivity index (χ0) is 15.4. The van der Waals surface area contributed by atoms with Crippen molar-refractivity contribution in [2.45, 2.75) is 12.5 Å². The number of ether oxygens (including phenoxy) is 1. The van der Waals surface area contributed by atoms with Crippen LogP contribution in [0.1, 0.15) is 17.2 Å². The van der Waals surface area contributed by atoms with Gasteiger partial charge in [0.2, 0.25) is 0 Å². The van der Waals surface area contributed by atoms with Gasteiger partial charge in [-0.15, -0.1) is 0 Å². The van der Waals surface area contributed by atoms with Gasteiger partial charge in [0.15, 0.2) is 0 Å². The molecule has 0 aliphatic heterocycles. The SMILES string of the molecule is CNC(Cc1cc(Br)ccc1OC)c1cc(Cl)ccc1I. The number of rotatable bonds is 5. The van der Waals surface area contributed by atoms with Crippen molar-refractivity contribution >= 4 is 50.1 Å². The van der Waals surface area contributed by atoms with E-state index in [1.165, 1.54) is 9.13 Å². The Kier molecular flexibility index (Phi) is 6.34. The van der Waals surface area contributed by atoms with Crippen LogP contribution in [0.4, 0.5) is 0 Å². The summed E-state index contributed by atoms with van der Waals surface area (Å²) in [5.74, 6) is 0.899. The molecule has 1 N–H and O–H groups in total. The van der Waals surface area contributed by atoms with Crippen molar-refractivity contribution in [3.63, 3.8) is 0 Å². The first-order chi connectivity index (χ1) is 10.0. The van der Waals surface area contributed by atoms with E-state index in [0.29, 0.717) is 0 Å². The van der Waals surface area contributed by atoms with Crippen LogP contribution in [0.15, 0.2) is 40.9 Å². The first kappa shape index (κ1) is 17.1. The summed E-state index contributed by atoms with van der Waals surface area (Å²) in [4.78, 5) is 0. The van der Waals surface area contributed by atoms with Gasteiger partial charge in [0, 0.05) is 19.1 Å². The maximum atomic E-state index is 6.14. The molecule has 2 rings (SSSR count). The second-order valence-corrected chi connectivity index (χ2v) is 7.18. The van der Waals surface area contributed by atoms with Gasteiger partial charge in [0.05, 0.1) is 7.11 Å². The van der Waals surface area contributed by atoms with Crippen LogP contribution in [-0.2, 0) is 6.42 Å². The van der Waals surface area contributed by atoms with E-state index in [0.717, 1.165) is 27.2 Å². The predicted molar refractivity (Wildman–Crippen MR) is 100 cm³/mol. The van der Waals surface area contributed by atoms with Crippen molar-refractivity contribution in [2.24, 2.45) is 0 Å². The molecule has 112 valence electrons. The molecular weight excluding hydrogens is 464 g/mol. The monoisotopic (exact) mass is 479 g/mol. The molecule has 0 radical (unpaired) electrons. The molecule has 0 aliphatic carbocycles. The van der Waals surface area contributed by atoms with E-state index in [2.05, 4.69) is 49.9 Å². The summed E-state index contributed by atoms with van der Waals surface area (Å²) in [6, 6.07) is 12.2. The van der Waals surface area contributed by atoms with E-state index in [1.54, 1.807) is 7.11 Å². The third-order valence-corrected chi connectivity index (χ3v) is 5.06. The number of likely N-dealkylation sites (N-methyl/N-ethyl adjacent to an activating group) is 1. The number of halogens is 3. The molecule has 0 aliphatic rings.